The standard InChI is InChI=1S/C14H20FN3O2/c1-14(2,3)20-13(19)18-8-4-10(5-9-18)11-12(15)17-7-6-16-11/h6-7,10H,4-5,8-9H2,1-3H3. The maximum Gasteiger partial charge on any atom is 0.410 e. The van der Waals surface area contributed by atoms with E-state index in [1.54, 1.807) is 4.90 Å². The van der Waals surface area contributed by atoms with Crippen molar-refractivity contribution < 1.29 is 13.9 Å². The van der Waals surface area contributed by atoms with Crippen LogP contribution in [-0.2, 0) is 4.74 Å². The number of carbonyl (C=O) groups excluding carboxylic acids is 1. The molecule has 0 bridgehead atoms. The molecular weight excluding hydrogens is 261 g/mol. The zero-order valence-corrected chi connectivity index (χ0v) is 12.1. The van der Waals surface area contributed by atoms with Crippen LogP contribution in [0.2, 0.25) is 0 Å². The van der Waals surface area contributed by atoms with Gasteiger partial charge in [-0.2, -0.15) is 4.39 Å². The number of ether oxygens (including phenoxy) is 1. The lowest BCUT2D eigenvalue weighted by molar-refractivity contribution is 0.0203. The van der Waals surface area contributed by atoms with Crippen molar-refractivity contribution in [1.82, 2.24) is 14.9 Å². The Kier molecular flexibility index (Phi) is 4.20. The molecule has 0 N–H and O–H groups in total. The van der Waals surface area contributed by atoms with E-state index in [0.717, 1.165) is 0 Å². The molecule has 1 saturated heterocycles. The van der Waals surface area contributed by atoms with Gasteiger partial charge in [0.2, 0.25) is 5.95 Å². The molecule has 0 radical (unpaired) electrons. The Hall–Kier alpha value is -1.72. The Labute approximate surface area is 118 Å². The van der Waals surface area contributed by atoms with Crippen LogP contribution in [0.25, 0.3) is 0 Å². The van der Waals surface area contributed by atoms with Crippen molar-refractivity contribution in [3.63, 3.8) is 0 Å². The van der Waals surface area contributed by atoms with Crippen LogP contribution in [-0.4, -0.2) is 39.7 Å². The average molecular weight is 281 g/mol. The second-order valence-electron chi connectivity index (χ2n) is 5.97. The minimum atomic E-state index is -0.511. The summed E-state index contributed by atoms with van der Waals surface area (Å²) in [5, 5.41) is 0. The fourth-order valence-corrected chi connectivity index (χ4v) is 2.27. The molecule has 2 rings (SSSR count). The van der Waals surface area contributed by atoms with Crippen LogP contribution >= 0.6 is 0 Å². The number of piperidine rings is 1. The molecule has 20 heavy (non-hydrogen) atoms. The number of amides is 1. The molecule has 1 aliphatic heterocycles. The molecular formula is C14H20FN3O2. The van der Waals surface area contributed by atoms with Crippen LogP contribution in [0.4, 0.5) is 9.18 Å². The smallest absolute Gasteiger partial charge is 0.410 e. The minimum Gasteiger partial charge on any atom is -0.444 e. The first-order valence-corrected chi connectivity index (χ1v) is 6.81. The first-order chi connectivity index (χ1) is 9.37. The molecule has 110 valence electrons. The van der Waals surface area contributed by atoms with Gasteiger partial charge in [0.1, 0.15) is 5.60 Å². The van der Waals surface area contributed by atoms with Crippen molar-refractivity contribution in [2.75, 3.05) is 13.1 Å². The van der Waals surface area contributed by atoms with E-state index in [1.807, 2.05) is 20.8 Å². The first-order valence-electron chi connectivity index (χ1n) is 6.81. The highest BCUT2D eigenvalue weighted by Crippen LogP contribution is 2.28. The van der Waals surface area contributed by atoms with E-state index in [1.165, 1.54) is 12.4 Å². The van der Waals surface area contributed by atoms with Crippen molar-refractivity contribution in [2.24, 2.45) is 0 Å². The number of halogens is 1. The van der Waals surface area contributed by atoms with Gasteiger partial charge >= 0.3 is 6.09 Å². The van der Waals surface area contributed by atoms with Gasteiger partial charge in [-0.15, -0.1) is 0 Å². The largest absolute Gasteiger partial charge is 0.444 e. The average Bonchev–Trinajstić information content (AvgIpc) is 2.37. The molecule has 1 aliphatic rings. The molecule has 0 aromatic carbocycles. The molecule has 0 aliphatic carbocycles. The molecule has 0 spiro atoms. The summed E-state index contributed by atoms with van der Waals surface area (Å²) in [5.41, 5.74) is -0.0957. The van der Waals surface area contributed by atoms with E-state index in [9.17, 15) is 9.18 Å². The van der Waals surface area contributed by atoms with Crippen molar-refractivity contribution in [3.05, 3.63) is 24.0 Å². The summed E-state index contributed by atoms with van der Waals surface area (Å²) in [6, 6.07) is 0. The van der Waals surface area contributed by atoms with Gasteiger partial charge in [0, 0.05) is 31.4 Å². The first kappa shape index (κ1) is 14.7. The maximum atomic E-state index is 13.6. The Morgan fingerprint density at radius 1 is 1.30 bits per heavy atom. The van der Waals surface area contributed by atoms with Crippen LogP contribution in [0.5, 0.6) is 0 Å². The van der Waals surface area contributed by atoms with E-state index in [4.69, 9.17) is 4.74 Å². The molecule has 0 saturated carbocycles. The number of hydrogen-bond acceptors (Lipinski definition) is 4. The van der Waals surface area contributed by atoms with Gasteiger partial charge in [-0.3, -0.25) is 4.98 Å². The lowest BCUT2D eigenvalue weighted by atomic mass is 9.94. The number of likely N-dealkylation sites (tertiary alicyclic amines) is 1. The van der Waals surface area contributed by atoms with Gasteiger partial charge < -0.3 is 9.64 Å². The highest BCUT2D eigenvalue weighted by Gasteiger charge is 2.29. The van der Waals surface area contributed by atoms with Crippen molar-refractivity contribution >= 4 is 6.09 Å². The Balaban J connectivity index is 1.93. The van der Waals surface area contributed by atoms with Gasteiger partial charge in [-0.1, -0.05) is 0 Å². The Bertz CT molecular complexity index is 480. The van der Waals surface area contributed by atoms with E-state index < -0.39 is 11.5 Å². The summed E-state index contributed by atoms with van der Waals surface area (Å²) in [4.78, 5) is 21.3. The number of rotatable bonds is 1. The fourth-order valence-electron chi connectivity index (χ4n) is 2.27. The zero-order chi connectivity index (χ0) is 14.8. The lowest BCUT2D eigenvalue weighted by Gasteiger charge is -2.33. The summed E-state index contributed by atoms with van der Waals surface area (Å²) in [7, 11) is 0. The number of hydrogen-bond donors (Lipinski definition) is 0. The van der Waals surface area contributed by atoms with Crippen LogP contribution in [0.1, 0.15) is 45.2 Å². The van der Waals surface area contributed by atoms with Gasteiger partial charge in [0.05, 0.1) is 5.69 Å². The second-order valence-corrected chi connectivity index (χ2v) is 5.97. The predicted octanol–water partition coefficient (Wildman–Crippen LogP) is 2.73. The lowest BCUT2D eigenvalue weighted by Crippen LogP contribution is -2.41. The van der Waals surface area contributed by atoms with Gasteiger partial charge in [-0.25, -0.2) is 9.78 Å². The molecule has 1 aromatic rings. The van der Waals surface area contributed by atoms with E-state index in [0.29, 0.717) is 31.6 Å². The van der Waals surface area contributed by atoms with Crippen LogP contribution in [0, 0.1) is 5.95 Å². The molecule has 0 unspecified atom stereocenters. The van der Waals surface area contributed by atoms with Crippen molar-refractivity contribution in [2.45, 2.75) is 45.1 Å². The molecule has 1 aromatic heterocycles. The van der Waals surface area contributed by atoms with Crippen LogP contribution in [0.15, 0.2) is 12.4 Å². The summed E-state index contributed by atoms with van der Waals surface area (Å²) >= 11 is 0. The predicted molar refractivity (Wildman–Crippen MR) is 71.8 cm³/mol. The quantitative estimate of drug-likeness (QED) is 0.794. The summed E-state index contributed by atoms with van der Waals surface area (Å²) < 4.78 is 18.9. The van der Waals surface area contributed by atoms with Crippen LogP contribution in [0.3, 0.4) is 0 Å². The van der Waals surface area contributed by atoms with Gasteiger partial charge in [0.15, 0.2) is 0 Å². The van der Waals surface area contributed by atoms with E-state index in [2.05, 4.69) is 9.97 Å². The summed E-state index contributed by atoms with van der Waals surface area (Å²) in [6.45, 7) is 6.62. The monoisotopic (exact) mass is 281 g/mol. The highest BCUT2D eigenvalue weighted by molar-refractivity contribution is 5.68. The number of carbonyl (C=O) groups is 1. The topological polar surface area (TPSA) is 55.3 Å². The van der Waals surface area contributed by atoms with Gasteiger partial charge in [-0.05, 0) is 33.6 Å². The van der Waals surface area contributed by atoms with E-state index in [-0.39, 0.29) is 12.0 Å². The maximum absolute atomic E-state index is 13.6. The third kappa shape index (κ3) is 3.65. The molecule has 1 amide bonds. The minimum absolute atomic E-state index is 0.0161. The summed E-state index contributed by atoms with van der Waals surface area (Å²) in [6.07, 6.45) is 3.88. The third-order valence-corrected chi connectivity index (χ3v) is 3.21. The molecule has 2 heterocycles. The second kappa shape index (κ2) is 5.73. The van der Waals surface area contributed by atoms with Gasteiger partial charge in [0.25, 0.3) is 0 Å². The molecule has 0 atom stereocenters. The third-order valence-electron chi connectivity index (χ3n) is 3.21. The number of nitrogens with zero attached hydrogens (tertiary/aromatic N) is 3. The van der Waals surface area contributed by atoms with Crippen molar-refractivity contribution in [1.29, 1.82) is 0 Å². The SMILES string of the molecule is CC(C)(C)OC(=O)N1CCC(c2nccnc2F)CC1. The fraction of sp³-hybridized carbons (Fsp3) is 0.643. The summed E-state index contributed by atoms with van der Waals surface area (Å²) in [5.74, 6) is -0.495. The molecule has 6 heteroatoms. The van der Waals surface area contributed by atoms with E-state index >= 15 is 0 Å². The number of aromatic nitrogens is 2. The Morgan fingerprint density at radius 3 is 2.45 bits per heavy atom. The highest BCUT2D eigenvalue weighted by atomic mass is 19.1. The Morgan fingerprint density at radius 2 is 1.90 bits per heavy atom. The zero-order valence-electron chi connectivity index (χ0n) is 12.1. The van der Waals surface area contributed by atoms with Crippen molar-refractivity contribution in [3.8, 4) is 0 Å². The molecule has 5 nitrogen and oxygen atoms in total. The normalized spacial score (nSPS) is 17.1. The molecule has 1 fully saturated rings. The van der Waals surface area contributed by atoms with Crippen LogP contribution < -0.4 is 0 Å².